The Balaban J connectivity index is 0. The van der Waals surface area contributed by atoms with Crippen molar-refractivity contribution in [1.29, 1.82) is 0 Å². The van der Waals surface area contributed by atoms with E-state index in [1.807, 2.05) is 53.7 Å². The summed E-state index contributed by atoms with van der Waals surface area (Å²) in [6.07, 6.45) is 13.3. The van der Waals surface area contributed by atoms with Crippen LogP contribution in [0.15, 0.2) is 82.8 Å². The predicted molar refractivity (Wildman–Crippen MR) is 233 cm³/mol. The summed E-state index contributed by atoms with van der Waals surface area (Å²) in [4.78, 5) is 29.3. The van der Waals surface area contributed by atoms with Gasteiger partial charge in [0, 0.05) is 34.4 Å². The Bertz CT molecular complexity index is 1600. The first-order valence-corrected chi connectivity index (χ1v) is 19.9. The highest BCUT2D eigenvalue weighted by Gasteiger charge is 2.24. The van der Waals surface area contributed by atoms with Crippen LogP contribution in [0.2, 0.25) is 5.02 Å². The zero-order valence-corrected chi connectivity index (χ0v) is 36.6. The number of benzene rings is 3. The fourth-order valence-electron chi connectivity index (χ4n) is 4.09. The van der Waals surface area contributed by atoms with E-state index in [1.165, 1.54) is 46.3 Å². The van der Waals surface area contributed by atoms with Crippen LogP contribution >= 0.6 is 35.5 Å². The van der Waals surface area contributed by atoms with Crippen molar-refractivity contribution in [2.45, 2.75) is 124 Å². The molecule has 4 aromatic rings. The molecule has 0 aliphatic rings. The lowest BCUT2D eigenvalue weighted by Gasteiger charge is -2.20. The van der Waals surface area contributed by atoms with Gasteiger partial charge < -0.3 is 9.62 Å². The number of hydrogen-bond donors (Lipinski definition) is 1. The number of anilines is 2. The summed E-state index contributed by atoms with van der Waals surface area (Å²) in [5.41, 5.74) is 4.04. The third-order valence-corrected chi connectivity index (χ3v) is 8.71. The van der Waals surface area contributed by atoms with Gasteiger partial charge in [0.1, 0.15) is 0 Å². The first-order chi connectivity index (χ1) is 24.7. The molecule has 0 saturated heterocycles. The van der Waals surface area contributed by atoms with E-state index in [9.17, 15) is 9.59 Å². The Hall–Kier alpha value is -3.64. The first kappa shape index (κ1) is 50.5. The monoisotopic (exact) mass is 766 g/mol. The summed E-state index contributed by atoms with van der Waals surface area (Å²) in [6.45, 7) is 29.3. The molecule has 0 aliphatic heterocycles. The van der Waals surface area contributed by atoms with Crippen LogP contribution in [0.5, 0.6) is 0 Å². The van der Waals surface area contributed by atoms with Gasteiger partial charge in [-0.3, -0.25) is 9.59 Å². The number of carbonyl (C=O) groups excluding carboxylic acids is 2. The molecule has 0 atom stereocenters. The van der Waals surface area contributed by atoms with E-state index in [0.29, 0.717) is 17.7 Å². The molecule has 6 nitrogen and oxygen atoms in total. The Morgan fingerprint density at radius 1 is 0.827 bits per heavy atom. The molecule has 0 fully saturated rings. The Morgan fingerprint density at radius 2 is 1.27 bits per heavy atom. The van der Waals surface area contributed by atoms with Crippen LogP contribution in [-0.4, -0.2) is 28.4 Å². The number of aromatic nitrogens is 2. The summed E-state index contributed by atoms with van der Waals surface area (Å²) in [7, 11) is 1.66. The van der Waals surface area contributed by atoms with E-state index < -0.39 is 0 Å². The molecule has 1 aromatic heterocycles. The van der Waals surface area contributed by atoms with Crippen molar-refractivity contribution >= 4 is 59.1 Å². The zero-order valence-electron chi connectivity index (χ0n) is 34.2. The number of carbonyl (C=O) groups is 2. The van der Waals surface area contributed by atoms with Gasteiger partial charge in [0.15, 0.2) is 6.29 Å². The fraction of sp³-hybridized carbons (Fsp3) is 0.419. The topological polar surface area (TPSA) is 67.2 Å². The van der Waals surface area contributed by atoms with Crippen LogP contribution in [0.1, 0.15) is 135 Å². The molecule has 1 N–H and O–H groups in total. The molecular formula is C43H63ClN4O2S2. The molecule has 0 saturated carbocycles. The van der Waals surface area contributed by atoms with E-state index in [1.54, 1.807) is 35.7 Å². The van der Waals surface area contributed by atoms with Gasteiger partial charge in [-0.1, -0.05) is 139 Å². The lowest BCUT2D eigenvalue weighted by atomic mass is 9.87. The highest BCUT2D eigenvalue weighted by Crippen LogP contribution is 2.33. The molecule has 9 heteroatoms. The normalized spacial score (nSPS) is 10.0. The predicted octanol–water partition coefficient (Wildman–Crippen LogP) is 13.6. The van der Waals surface area contributed by atoms with Crippen molar-refractivity contribution < 1.29 is 9.59 Å². The molecule has 1 heterocycles. The summed E-state index contributed by atoms with van der Waals surface area (Å²) in [5, 5.41) is 4.65. The van der Waals surface area contributed by atoms with Gasteiger partial charge in [-0.05, 0) is 70.3 Å². The van der Waals surface area contributed by atoms with E-state index in [4.69, 9.17) is 11.6 Å². The van der Waals surface area contributed by atoms with Gasteiger partial charge >= 0.3 is 0 Å². The second-order valence-electron chi connectivity index (χ2n) is 12.5. The van der Waals surface area contributed by atoms with Crippen molar-refractivity contribution in [3.05, 3.63) is 100 Å². The van der Waals surface area contributed by atoms with Crippen molar-refractivity contribution in [3.63, 3.8) is 0 Å². The van der Waals surface area contributed by atoms with Crippen LogP contribution in [0, 0.1) is 12.8 Å². The number of nitrogens with one attached hydrogen (secondary N) is 1. The fourth-order valence-corrected chi connectivity index (χ4v) is 5.69. The quantitative estimate of drug-likeness (QED) is 0.109. The highest BCUT2D eigenvalue weighted by atomic mass is 35.5. The van der Waals surface area contributed by atoms with Gasteiger partial charge in [0.2, 0.25) is 0 Å². The van der Waals surface area contributed by atoms with Crippen LogP contribution in [-0.2, 0) is 10.8 Å². The minimum absolute atomic E-state index is 0.0546. The van der Waals surface area contributed by atoms with E-state index in [-0.39, 0.29) is 32.9 Å². The van der Waals surface area contributed by atoms with Gasteiger partial charge in [-0.2, -0.15) is 5.10 Å². The molecule has 0 unspecified atom stereocenters. The molecule has 3 aromatic carbocycles. The SMILES string of the molecule is C#C.CC.CC.CC.CCC.CN(C(=O)c1c(NSc2ccc(C(C)(C)C)cc2)ccc(Cl)c1C=O)c1cnn(Sc2ccc(C(C)(C)C)cc2)c1. The summed E-state index contributed by atoms with van der Waals surface area (Å²) >= 11 is 9.16. The standard InChI is InChI=1S/C32H35ClN4O2S2.C3H8.3C2H6.C2H2/c1-31(2,3)21-8-12-24(13-9-21)40-35-28-17-16-27(33)26(20-38)29(28)30(39)36(7)23-18-34-37(19-23)41-25-14-10-22(11-15-25)32(4,5)6;1-3-2;4*1-2/h8-20,35H,1-7H3;3H2,1-2H3;3*1-2H3;1-2H. The first-order valence-electron chi connectivity index (χ1n) is 18.0. The molecule has 0 spiro atoms. The number of nitrogens with zero attached hydrogens (tertiary/aromatic N) is 3. The van der Waals surface area contributed by atoms with Crippen molar-refractivity contribution in [2.75, 3.05) is 16.7 Å². The average Bonchev–Trinajstić information content (AvgIpc) is 3.62. The number of aldehydes is 1. The zero-order chi connectivity index (χ0) is 40.7. The molecule has 0 radical (unpaired) electrons. The van der Waals surface area contributed by atoms with Crippen LogP contribution in [0.4, 0.5) is 11.4 Å². The van der Waals surface area contributed by atoms with Crippen molar-refractivity contribution in [2.24, 2.45) is 0 Å². The second-order valence-corrected chi connectivity index (χ2v) is 14.8. The smallest absolute Gasteiger partial charge is 0.261 e. The molecule has 4 rings (SSSR count). The highest BCUT2D eigenvalue weighted by molar-refractivity contribution is 8.00. The maximum absolute atomic E-state index is 13.8. The van der Waals surface area contributed by atoms with Crippen molar-refractivity contribution in [3.8, 4) is 12.8 Å². The minimum Gasteiger partial charge on any atom is -0.325 e. The van der Waals surface area contributed by atoms with E-state index in [2.05, 4.69) is 114 Å². The second kappa shape index (κ2) is 26.2. The van der Waals surface area contributed by atoms with E-state index in [0.717, 1.165) is 9.79 Å². The number of amides is 1. The Morgan fingerprint density at radius 3 is 1.69 bits per heavy atom. The van der Waals surface area contributed by atoms with Crippen LogP contribution < -0.4 is 9.62 Å². The lowest BCUT2D eigenvalue weighted by Crippen LogP contribution is -2.27. The molecule has 0 bridgehead atoms. The van der Waals surface area contributed by atoms with Gasteiger partial charge in [-0.15, -0.1) is 12.8 Å². The molecule has 0 aliphatic carbocycles. The maximum Gasteiger partial charge on any atom is 0.261 e. The summed E-state index contributed by atoms with van der Waals surface area (Å²) in [6, 6.07) is 20.0. The Kier molecular flexibility index (Phi) is 25.4. The summed E-state index contributed by atoms with van der Waals surface area (Å²) < 4.78 is 4.96. The molecule has 1 amide bonds. The van der Waals surface area contributed by atoms with Gasteiger partial charge in [0.05, 0.1) is 34.4 Å². The third kappa shape index (κ3) is 15.9. The lowest BCUT2D eigenvalue weighted by molar-refractivity contribution is 0.0987. The summed E-state index contributed by atoms with van der Waals surface area (Å²) in [5.74, 6) is -0.375. The van der Waals surface area contributed by atoms with Crippen LogP contribution in [0.3, 0.4) is 0 Å². The average molecular weight is 768 g/mol. The number of hydrogen-bond acceptors (Lipinski definition) is 6. The van der Waals surface area contributed by atoms with Gasteiger partial charge in [-0.25, -0.2) is 4.09 Å². The Labute approximate surface area is 330 Å². The van der Waals surface area contributed by atoms with E-state index >= 15 is 0 Å². The molecule has 286 valence electrons. The molecular weight excluding hydrogens is 704 g/mol. The third-order valence-electron chi connectivity index (χ3n) is 6.68. The van der Waals surface area contributed by atoms with Crippen LogP contribution in [0.25, 0.3) is 0 Å². The number of terminal acetylenes is 1. The van der Waals surface area contributed by atoms with Gasteiger partial charge in [0.25, 0.3) is 5.91 Å². The van der Waals surface area contributed by atoms with Crippen molar-refractivity contribution in [1.82, 2.24) is 9.19 Å². The molecule has 52 heavy (non-hydrogen) atoms. The maximum atomic E-state index is 13.8. The number of rotatable bonds is 8. The number of halogens is 1. The largest absolute Gasteiger partial charge is 0.325 e. The minimum atomic E-state index is -0.375.